The minimum Gasteiger partial charge on any atom is -0.493 e. The molecule has 2 aromatic carbocycles. The van der Waals surface area contributed by atoms with Gasteiger partial charge >= 0.3 is 5.97 Å². The van der Waals surface area contributed by atoms with Crippen molar-refractivity contribution in [3.8, 4) is 11.5 Å². The Hall–Kier alpha value is -3.60. The number of amides is 1. The second-order valence-corrected chi connectivity index (χ2v) is 6.99. The second kappa shape index (κ2) is 9.47. The Labute approximate surface area is 178 Å². The van der Waals surface area contributed by atoms with Crippen LogP contribution in [-0.4, -0.2) is 37.7 Å². The predicted octanol–water partition coefficient (Wildman–Crippen LogP) is 3.93. The van der Waals surface area contributed by atoms with E-state index in [4.69, 9.17) is 14.2 Å². The number of fused-ring (bicyclic) bond motifs is 1. The number of nitrogens with zero attached hydrogens (tertiary/aromatic N) is 1. The van der Waals surface area contributed by atoms with Gasteiger partial charge in [0, 0.05) is 6.08 Å². The third-order valence-electron chi connectivity index (χ3n) is 3.93. The maximum Gasteiger partial charge on any atom is 0.331 e. The molecule has 0 radical (unpaired) electrons. The van der Waals surface area contributed by atoms with Crippen LogP contribution in [0.3, 0.4) is 0 Å². The number of hydrogen-bond acceptors (Lipinski definition) is 7. The van der Waals surface area contributed by atoms with Crippen molar-refractivity contribution in [2.24, 2.45) is 0 Å². The maximum atomic E-state index is 13.7. The smallest absolute Gasteiger partial charge is 0.331 e. The lowest BCUT2D eigenvalue weighted by Crippen LogP contribution is -2.20. The summed E-state index contributed by atoms with van der Waals surface area (Å²) in [6, 6.07) is 5.78. The summed E-state index contributed by atoms with van der Waals surface area (Å²) in [4.78, 5) is 27.5. The summed E-state index contributed by atoms with van der Waals surface area (Å²) < 4.78 is 55.4. The van der Waals surface area contributed by atoms with Gasteiger partial charge in [-0.25, -0.2) is 22.9 Å². The summed E-state index contributed by atoms with van der Waals surface area (Å²) in [5.74, 6) is -4.99. The van der Waals surface area contributed by atoms with Crippen molar-refractivity contribution in [2.75, 3.05) is 26.1 Å². The summed E-state index contributed by atoms with van der Waals surface area (Å²) >= 11 is 0.745. The lowest BCUT2D eigenvalue weighted by molar-refractivity contribution is -0.142. The van der Waals surface area contributed by atoms with Crippen LogP contribution in [-0.2, 0) is 14.3 Å². The molecule has 162 valence electrons. The van der Waals surface area contributed by atoms with Crippen LogP contribution in [0.5, 0.6) is 11.5 Å². The lowest BCUT2D eigenvalue weighted by atomic mass is 10.2. The van der Waals surface area contributed by atoms with Crippen molar-refractivity contribution < 1.29 is 37.0 Å². The third-order valence-corrected chi connectivity index (χ3v) is 4.85. The molecule has 0 aliphatic heterocycles. The van der Waals surface area contributed by atoms with Crippen LogP contribution >= 0.6 is 11.3 Å². The van der Waals surface area contributed by atoms with E-state index in [1.54, 1.807) is 18.2 Å². The van der Waals surface area contributed by atoms with Crippen LogP contribution in [0.4, 0.5) is 18.3 Å². The van der Waals surface area contributed by atoms with E-state index in [2.05, 4.69) is 10.3 Å². The molecule has 31 heavy (non-hydrogen) atoms. The molecule has 0 unspecified atom stereocenters. The van der Waals surface area contributed by atoms with Crippen molar-refractivity contribution in [1.29, 1.82) is 0 Å². The molecule has 0 saturated carbocycles. The Morgan fingerprint density at radius 2 is 1.84 bits per heavy atom. The number of thiazole rings is 1. The van der Waals surface area contributed by atoms with Gasteiger partial charge in [0.25, 0.3) is 5.91 Å². The first-order valence-corrected chi connectivity index (χ1v) is 9.44. The number of nitrogens with one attached hydrogen (secondary N) is 1. The van der Waals surface area contributed by atoms with Crippen molar-refractivity contribution in [1.82, 2.24) is 4.98 Å². The predicted molar refractivity (Wildman–Crippen MR) is 108 cm³/mol. The summed E-state index contributed by atoms with van der Waals surface area (Å²) in [6.07, 6.45) is 2.58. The number of aromatic nitrogens is 1. The number of anilines is 1. The Morgan fingerprint density at radius 3 is 2.55 bits per heavy atom. The number of hydrogen-bond donors (Lipinski definition) is 1. The topological polar surface area (TPSA) is 86.8 Å². The average molecular weight is 452 g/mol. The van der Waals surface area contributed by atoms with Crippen molar-refractivity contribution >= 4 is 44.6 Å². The van der Waals surface area contributed by atoms with E-state index in [9.17, 15) is 22.8 Å². The van der Waals surface area contributed by atoms with Gasteiger partial charge in [-0.2, -0.15) is 0 Å². The fourth-order valence-electron chi connectivity index (χ4n) is 2.49. The highest BCUT2D eigenvalue weighted by atomic mass is 32.1. The molecule has 0 aliphatic carbocycles. The molecule has 1 heterocycles. The number of esters is 1. The Morgan fingerprint density at radius 1 is 1.10 bits per heavy atom. The van der Waals surface area contributed by atoms with Gasteiger partial charge in [-0.15, -0.1) is 0 Å². The minimum atomic E-state index is -1.65. The molecule has 3 rings (SSSR count). The Balaban J connectivity index is 1.57. The summed E-state index contributed by atoms with van der Waals surface area (Å²) in [6.45, 7) is -0.643. The van der Waals surface area contributed by atoms with E-state index in [1.165, 1.54) is 20.3 Å². The van der Waals surface area contributed by atoms with Gasteiger partial charge in [0.15, 0.2) is 40.7 Å². The number of ether oxygens (including phenoxy) is 3. The van der Waals surface area contributed by atoms with Crippen LogP contribution in [0.25, 0.3) is 16.3 Å². The molecule has 0 saturated heterocycles. The molecule has 1 aromatic heterocycles. The van der Waals surface area contributed by atoms with Crippen LogP contribution in [0.2, 0.25) is 0 Å². The first-order chi connectivity index (χ1) is 14.8. The molecule has 3 aromatic rings. The summed E-state index contributed by atoms with van der Waals surface area (Å²) in [7, 11) is 2.97. The maximum absolute atomic E-state index is 13.7. The average Bonchev–Trinajstić information content (AvgIpc) is 3.16. The van der Waals surface area contributed by atoms with Crippen LogP contribution in [0.1, 0.15) is 5.56 Å². The third kappa shape index (κ3) is 5.12. The molecular formula is C20H15F3N2O5S. The zero-order valence-electron chi connectivity index (χ0n) is 16.2. The largest absolute Gasteiger partial charge is 0.493 e. The van der Waals surface area contributed by atoms with Gasteiger partial charge < -0.3 is 14.2 Å². The molecule has 0 fully saturated rings. The molecule has 0 aliphatic rings. The van der Waals surface area contributed by atoms with E-state index in [0.29, 0.717) is 17.1 Å². The number of halogens is 3. The standard InChI is InChI=1S/C20H15F3N2O5S/c1-28-12-5-3-10(7-13(12)29-2)4-6-16(27)30-9-15(26)24-20-25-19-14(31-20)8-11(21)17(22)18(19)23/h3-8H,9H2,1-2H3,(H,24,25,26)/b6-4+. The van der Waals surface area contributed by atoms with Crippen LogP contribution in [0, 0.1) is 17.5 Å². The van der Waals surface area contributed by atoms with E-state index in [-0.39, 0.29) is 9.83 Å². The van der Waals surface area contributed by atoms with Gasteiger partial charge in [-0.05, 0) is 29.8 Å². The molecule has 0 spiro atoms. The SMILES string of the molecule is COc1ccc(/C=C/C(=O)OCC(=O)Nc2nc3c(F)c(F)c(F)cc3s2)cc1OC. The highest BCUT2D eigenvalue weighted by Crippen LogP contribution is 2.30. The number of carbonyl (C=O) groups excluding carboxylic acids is 2. The number of methoxy groups -OCH3 is 2. The van der Waals surface area contributed by atoms with Gasteiger partial charge in [0.05, 0.1) is 18.9 Å². The zero-order chi connectivity index (χ0) is 22.5. The highest BCUT2D eigenvalue weighted by Gasteiger charge is 2.18. The van der Waals surface area contributed by atoms with Crippen molar-refractivity contribution in [3.63, 3.8) is 0 Å². The van der Waals surface area contributed by atoms with Crippen LogP contribution in [0.15, 0.2) is 30.3 Å². The number of carbonyl (C=O) groups is 2. The lowest BCUT2D eigenvalue weighted by Gasteiger charge is -2.07. The fraction of sp³-hybridized carbons (Fsp3) is 0.150. The van der Waals surface area contributed by atoms with Crippen LogP contribution < -0.4 is 14.8 Å². The molecular weight excluding hydrogens is 437 g/mol. The van der Waals surface area contributed by atoms with Gasteiger partial charge in [0.2, 0.25) is 0 Å². The summed E-state index contributed by atoms with van der Waals surface area (Å²) in [5.41, 5.74) is 0.226. The molecule has 0 atom stereocenters. The quantitative estimate of drug-likeness (QED) is 0.332. The fourth-order valence-corrected chi connectivity index (χ4v) is 3.39. The van der Waals surface area contributed by atoms with Crippen molar-refractivity contribution in [3.05, 3.63) is 53.4 Å². The number of rotatable bonds is 7. The zero-order valence-corrected chi connectivity index (χ0v) is 17.0. The first-order valence-electron chi connectivity index (χ1n) is 8.63. The van der Waals surface area contributed by atoms with Gasteiger partial charge in [-0.1, -0.05) is 17.4 Å². The van der Waals surface area contributed by atoms with Crippen molar-refractivity contribution in [2.45, 2.75) is 0 Å². The molecule has 11 heteroatoms. The van der Waals surface area contributed by atoms with E-state index in [0.717, 1.165) is 23.5 Å². The number of benzene rings is 2. The Bertz CT molecular complexity index is 1180. The highest BCUT2D eigenvalue weighted by molar-refractivity contribution is 7.22. The second-order valence-electron chi connectivity index (χ2n) is 5.96. The molecule has 7 nitrogen and oxygen atoms in total. The monoisotopic (exact) mass is 452 g/mol. The molecule has 0 bridgehead atoms. The van der Waals surface area contributed by atoms with Gasteiger partial charge in [0.1, 0.15) is 5.52 Å². The molecule has 1 N–H and O–H groups in total. The first kappa shape index (κ1) is 22.1. The van der Waals surface area contributed by atoms with E-state index in [1.807, 2.05) is 0 Å². The molecule has 1 amide bonds. The van der Waals surface area contributed by atoms with E-state index >= 15 is 0 Å². The minimum absolute atomic E-state index is 0.0153. The Kier molecular flexibility index (Phi) is 6.75. The summed E-state index contributed by atoms with van der Waals surface area (Å²) in [5, 5.41) is 2.18. The van der Waals surface area contributed by atoms with E-state index < -0.39 is 41.5 Å². The van der Waals surface area contributed by atoms with Gasteiger partial charge in [-0.3, -0.25) is 10.1 Å². The normalized spacial score (nSPS) is 11.0.